The molecule has 2 N–H and O–H groups in total. The van der Waals surface area contributed by atoms with Gasteiger partial charge in [-0.2, -0.15) is 0 Å². The smallest absolute Gasteiger partial charge is 0.213 e. The van der Waals surface area contributed by atoms with Crippen molar-refractivity contribution in [1.29, 1.82) is 0 Å². The lowest BCUT2D eigenvalue weighted by Crippen LogP contribution is -2.48. The number of piperidine rings is 1. The first-order chi connectivity index (χ1) is 13.8. The van der Waals surface area contributed by atoms with Gasteiger partial charge < -0.3 is 20.3 Å². The Hall–Kier alpha value is -2.28. The van der Waals surface area contributed by atoms with E-state index in [2.05, 4.69) is 51.9 Å². The van der Waals surface area contributed by atoms with E-state index in [-0.39, 0.29) is 0 Å². The SMILES string of the molecule is CCCOc1ccc(CN=C(NCC)NC2CCN(c3cccs3)CC2)cn1. The van der Waals surface area contributed by atoms with Crippen LogP contribution in [0.2, 0.25) is 0 Å². The van der Waals surface area contributed by atoms with Crippen LogP contribution in [0.3, 0.4) is 0 Å². The van der Waals surface area contributed by atoms with Crippen molar-refractivity contribution in [2.24, 2.45) is 4.99 Å². The van der Waals surface area contributed by atoms with E-state index in [9.17, 15) is 0 Å². The molecule has 1 aliphatic rings. The lowest BCUT2D eigenvalue weighted by atomic mass is 10.1. The van der Waals surface area contributed by atoms with Crippen LogP contribution >= 0.6 is 11.3 Å². The molecule has 1 aliphatic heterocycles. The number of hydrogen-bond donors (Lipinski definition) is 2. The molecular weight excluding hydrogens is 370 g/mol. The van der Waals surface area contributed by atoms with Crippen molar-refractivity contribution >= 4 is 22.3 Å². The van der Waals surface area contributed by atoms with Crippen LogP contribution in [-0.2, 0) is 6.54 Å². The predicted octanol–water partition coefficient (Wildman–Crippen LogP) is 3.66. The fraction of sp³-hybridized carbons (Fsp3) is 0.524. The first kappa shape index (κ1) is 20.5. The zero-order valence-corrected chi connectivity index (χ0v) is 17.7. The van der Waals surface area contributed by atoms with Crippen LogP contribution in [0.1, 0.15) is 38.7 Å². The molecule has 0 saturated carbocycles. The van der Waals surface area contributed by atoms with Crippen molar-refractivity contribution in [3.63, 3.8) is 0 Å². The number of nitrogens with one attached hydrogen (secondary N) is 2. The monoisotopic (exact) mass is 401 g/mol. The first-order valence-electron chi connectivity index (χ1n) is 10.2. The highest BCUT2D eigenvalue weighted by Crippen LogP contribution is 2.24. The third-order valence-electron chi connectivity index (χ3n) is 4.67. The van der Waals surface area contributed by atoms with Crippen molar-refractivity contribution in [3.8, 4) is 5.88 Å². The highest BCUT2D eigenvalue weighted by molar-refractivity contribution is 7.14. The molecule has 3 rings (SSSR count). The topological polar surface area (TPSA) is 61.8 Å². The van der Waals surface area contributed by atoms with E-state index < -0.39 is 0 Å². The third-order valence-corrected chi connectivity index (χ3v) is 5.60. The summed E-state index contributed by atoms with van der Waals surface area (Å²) in [5, 5.41) is 10.5. The van der Waals surface area contributed by atoms with Crippen molar-refractivity contribution in [2.45, 2.75) is 45.7 Å². The normalized spacial score (nSPS) is 15.5. The van der Waals surface area contributed by atoms with E-state index in [0.29, 0.717) is 25.1 Å². The molecule has 152 valence electrons. The summed E-state index contributed by atoms with van der Waals surface area (Å²) in [6, 6.07) is 8.73. The Morgan fingerprint density at radius 1 is 1.29 bits per heavy atom. The van der Waals surface area contributed by atoms with E-state index in [0.717, 1.165) is 50.4 Å². The Labute approximate surface area is 172 Å². The summed E-state index contributed by atoms with van der Waals surface area (Å²) in [4.78, 5) is 11.6. The number of aromatic nitrogens is 1. The molecule has 0 radical (unpaired) electrons. The van der Waals surface area contributed by atoms with E-state index in [1.807, 2.05) is 29.7 Å². The van der Waals surface area contributed by atoms with Crippen molar-refractivity contribution in [1.82, 2.24) is 15.6 Å². The van der Waals surface area contributed by atoms with Gasteiger partial charge in [0, 0.05) is 37.9 Å². The summed E-state index contributed by atoms with van der Waals surface area (Å²) in [7, 11) is 0. The Balaban J connectivity index is 1.50. The fourth-order valence-corrected chi connectivity index (χ4v) is 3.96. The number of anilines is 1. The van der Waals surface area contributed by atoms with Gasteiger partial charge in [-0.15, -0.1) is 11.3 Å². The molecule has 1 saturated heterocycles. The molecular formula is C21H31N5OS. The third kappa shape index (κ3) is 6.12. The number of guanidine groups is 1. The highest BCUT2D eigenvalue weighted by atomic mass is 32.1. The summed E-state index contributed by atoms with van der Waals surface area (Å²) < 4.78 is 5.54. The molecule has 0 aromatic carbocycles. The average molecular weight is 402 g/mol. The lowest BCUT2D eigenvalue weighted by Gasteiger charge is -2.33. The van der Waals surface area contributed by atoms with Gasteiger partial charge >= 0.3 is 0 Å². The second kappa shape index (κ2) is 10.9. The molecule has 3 heterocycles. The molecule has 2 aromatic rings. The Morgan fingerprint density at radius 3 is 2.79 bits per heavy atom. The maximum absolute atomic E-state index is 5.54. The first-order valence-corrected chi connectivity index (χ1v) is 11.1. The molecule has 0 unspecified atom stereocenters. The van der Waals surface area contributed by atoms with Gasteiger partial charge in [0.05, 0.1) is 18.2 Å². The molecule has 7 heteroatoms. The van der Waals surface area contributed by atoms with E-state index in [1.165, 1.54) is 5.00 Å². The van der Waals surface area contributed by atoms with Gasteiger partial charge in [-0.3, -0.25) is 0 Å². The molecule has 0 amide bonds. The maximum Gasteiger partial charge on any atom is 0.213 e. The summed E-state index contributed by atoms with van der Waals surface area (Å²) in [5.41, 5.74) is 1.08. The van der Waals surface area contributed by atoms with Crippen molar-refractivity contribution in [2.75, 3.05) is 31.1 Å². The molecule has 0 atom stereocenters. The van der Waals surface area contributed by atoms with Gasteiger partial charge in [0.15, 0.2) is 5.96 Å². The zero-order valence-electron chi connectivity index (χ0n) is 16.9. The van der Waals surface area contributed by atoms with Crippen molar-refractivity contribution < 1.29 is 4.74 Å². The van der Waals surface area contributed by atoms with Crippen LogP contribution in [0, 0.1) is 0 Å². The van der Waals surface area contributed by atoms with E-state index in [4.69, 9.17) is 9.73 Å². The standard InChI is InChI=1S/C21H31N5OS/c1-3-13-27-19-8-7-17(15-23-19)16-24-21(22-4-2)25-18-9-11-26(12-10-18)20-6-5-14-28-20/h5-8,14-15,18H,3-4,9-13,16H2,1-2H3,(H2,22,24,25). The average Bonchev–Trinajstić information content (AvgIpc) is 3.27. The van der Waals surface area contributed by atoms with Crippen LogP contribution < -0.4 is 20.3 Å². The quantitative estimate of drug-likeness (QED) is 0.522. The van der Waals surface area contributed by atoms with Gasteiger partial charge in [-0.25, -0.2) is 9.98 Å². The molecule has 0 bridgehead atoms. The van der Waals surface area contributed by atoms with Gasteiger partial charge in [0.25, 0.3) is 0 Å². The number of thiophene rings is 1. The minimum atomic E-state index is 0.456. The number of ether oxygens (including phenoxy) is 1. The van der Waals surface area contributed by atoms with Crippen LogP contribution in [0.4, 0.5) is 5.00 Å². The van der Waals surface area contributed by atoms with E-state index in [1.54, 1.807) is 0 Å². The molecule has 2 aromatic heterocycles. The summed E-state index contributed by atoms with van der Waals surface area (Å²) in [6.07, 6.45) is 5.07. The fourth-order valence-electron chi connectivity index (χ4n) is 3.17. The van der Waals surface area contributed by atoms with Gasteiger partial charge in [-0.1, -0.05) is 13.0 Å². The molecule has 0 aliphatic carbocycles. The number of nitrogens with zero attached hydrogens (tertiary/aromatic N) is 3. The van der Waals surface area contributed by atoms with Crippen LogP contribution in [0.5, 0.6) is 5.88 Å². The summed E-state index contributed by atoms with van der Waals surface area (Å²) in [5.74, 6) is 1.56. The highest BCUT2D eigenvalue weighted by Gasteiger charge is 2.20. The predicted molar refractivity (Wildman–Crippen MR) is 118 cm³/mol. The zero-order chi connectivity index (χ0) is 19.6. The van der Waals surface area contributed by atoms with E-state index >= 15 is 0 Å². The molecule has 1 fully saturated rings. The number of pyridine rings is 1. The second-order valence-electron chi connectivity index (χ2n) is 6.91. The Morgan fingerprint density at radius 2 is 2.14 bits per heavy atom. The van der Waals surface area contributed by atoms with Gasteiger partial charge in [0.2, 0.25) is 5.88 Å². The molecule has 28 heavy (non-hydrogen) atoms. The van der Waals surface area contributed by atoms with Crippen molar-refractivity contribution in [3.05, 3.63) is 41.4 Å². The second-order valence-corrected chi connectivity index (χ2v) is 7.83. The van der Waals surface area contributed by atoms with Crippen LogP contribution in [0.15, 0.2) is 40.8 Å². The minimum Gasteiger partial charge on any atom is -0.478 e. The lowest BCUT2D eigenvalue weighted by molar-refractivity contribution is 0.305. The van der Waals surface area contributed by atoms with Crippen LogP contribution in [-0.4, -0.2) is 43.2 Å². The summed E-state index contributed by atoms with van der Waals surface area (Å²) in [6.45, 7) is 8.50. The Bertz CT molecular complexity index is 709. The number of aliphatic imine (C=N–C) groups is 1. The molecule has 6 nitrogen and oxygen atoms in total. The van der Waals surface area contributed by atoms with Crippen LogP contribution in [0.25, 0.3) is 0 Å². The Kier molecular flexibility index (Phi) is 7.96. The molecule has 0 spiro atoms. The van der Waals surface area contributed by atoms with Gasteiger partial charge in [-0.05, 0) is 49.3 Å². The summed E-state index contributed by atoms with van der Waals surface area (Å²) >= 11 is 1.82. The maximum atomic E-state index is 5.54. The largest absolute Gasteiger partial charge is 0.478 e. The van der Waals surface area contributed by atoms with Gasteiger partial charge in [0.1, 0.15) is 0 Å². The minimum absolute atomic E-state index is 0.456. The number of rotatable bonds is 8. The number of hydrogen-bond acceptors (Lipinski definition) is 5.